The van der Waals surface area contributed by atoms with Crippen LogP contribution in [0, 0.1) is 0 Å². The Hall–Kier alpha value is -1.91. The van der Waals surface area contributed by atoms with Crippen LogP contribution in [0.2, 0.25) is 0 Å². The maximum Gasteiger partial charge on any atom is 0.253 e. The van der Waals surface area contributed by atoms with Gasteiger partial charge in [-0.3, -0.25) is 14.6 Å². The fraction of sp³-hybridized carbons (Fsp3) is 0.462. The average molecular weight is 249 g/mol. The molecule has 1 aromatic heterocycles. The molecule has 0 aliphatic carbocycles. The molecule has 98 valence electrons. The van der Waals surface area contributed by atoms with Crippen molar-refractivity contribution in [3.63, 3.8) is 0 Å². The normalized spacial score (nSPS) is 9.94. The summed E-state index contributed by atoms with van der Waals surface area (Å²) in [4.78, 5) is 28.8. The molecule has 0 aliphatic heterocycles. The minimum absolute atomic E-state index is 0.00789. The largest absolute Gasteiger partial charge is 0.351 e. The zero-order valence-corrected chi connectivity index (χ0v) is 11.1. The van der Waals surface area contributed by atoms with Crippen molar-refractivity contribution >= 4 is 11.8 Å². The van der Waals surface area contributed by atoms with Crippen molar-refractivity contribution in [3.05, 3.63) is 29.6 Å². The number of hydrogen-bond acceptors (Lipinski definition) is 3. The highest BCUT2D eigenvalue weighted by molar-refractivity contribution is 5.94. The van der Waals surface area contributed by atoms with Gasteiger partial charge < -0.3 is 10.2 Å². The van der Waals surface area contributed by atoms with E-state index in [1.54, 1.807) is 23.2 Å². The zero-order chi connectivity index (χ0) is 13.5. The molecule has 18 heavy (non-hydrogen) atoms. The predicted molar refractivity (Wildman–Crippen MR) is 69.0 cm³/mol. The first-order valence-electron chi connectivity index (χ1n) is 6.07. The number of nitrogens with zero attached hydrogens (tertiary/aromatic N) is 2. The van der Waals surface area contributed by atoms with Crippen molar-refractivity contribution in [1.82, 2.24) is 15.2 Å². The Bertz CT molecular complexity index is 428. The van der Waals surface area contributed by atoms with Gasteiger partial charge >= 0.3 is 0 Å². The first kappa shape index (κ1) is 14.2. The van der Waals surface area contributed by atoms with Crippen LogP contribution in [0.1, 0.15) is 36.8 Å². The van der Waals surface area contributed by atoms with E-state index >= 15 is 0 Å². The summed E-state index contributed by atoms with van der Waals surface area (Å²) in [6.07, 6.45) is 1.59. The molecule has 1 aromatic rings. The molecule has 0 radical (unpaired) electrons. The van der Waals surface area contributed by atoms with Gasteiger partial charge in [0, 0.05) is 31.8 Å². The lowest BCUT2D eigenvalue weighted by molar-refractivity contribution is -0.119. The van der Waals surface area contributed by atoms with E-state index in [0.717, 1.165) is 0 Å². The van der Waals surface area contributed by atoms with E-state index in [0.29, 0.717) is 30.9 Å². The lowest BCUT2D eigenvalue weighted by Gasteiger charge is -2.18. The second kappa shape index (κ2) is 6.74. The van der Waals surface area contributed by atoms with E-state index in [4.69, 9.17) is 0 Å². The van der Waals surface area contributed by atoms with E-state index in [-0.39, 0.29) is 11.8 Å². The second-order valence-electron chi connectivity index (χ2n) is 3.92. The molecule has 0 unspecified atom stereocenters. The average Bonchev–Trinajstić information content (AvgIpc) is 2.38. The fourth-order valence-corrected chi connectivity index (χ4v) is 1.62. The molecule has 1 rings (SSSR count). The molecular formula is C13H19N3O2. The molecule has 0 spiro atoms. The highest BCUT2D eigenvalue weighted by Gasteiger charge is 2.12. The monoisotopic (exact) mass is 249 g/mol. The summed E-state index contributed by atoms with van der Waals surface area (Å²) in [6.45, 7) is 7.04. The Balaban J connectivity index is 2.81. The maximum atomic E-state index is 12.1. The van der Waals surface area contributed by atoms with Gasteiger partial charge in [0.2, 0.25) is 5.91 Å². The third-order valence-corrected chi connectivity index (χ3v) is 2.63. The van der Waals surface area contributed by atoms with Crippen LogP contribution in [0.3, 0.4) is 0 Å². The number of hydrogen-bond donors (Lipinski definition) is 1. The number of rotatable bonds is 5. The summed E-state index contributed by atoms with van der Waals surface area (Å²) in [7, 11) is 0. The predicted octanol–water partition coefficient (Wildman–Crippen LogP) is 1.20. The van der Waals surface area contributed by atoms with Crippen LogP contribution in [-0.2, 0) is 11.3 Å². The van der Waals surface area contributed by atoms with E-state index in [9.17, 15) is 9.59 Å². The summed E-state index contributed by atoms with van der Waals surface area (Å²) in [5.74, 6) is -0.122. The quantitative estimate of drug-likeness (QED) is 0.853. The fourth-order valence-electron chi connectivity index (χ4n) is 1.62. The maximum absolute atomic E-state index is 12.1. The molecule has 1 heterocycles. The van der Waals surface area contributed by atoms with Gasteiger partial charge in [-0.2, -0.15) is 0 Å². The Morgan fingerprint density at radius 1 is 1.33 bits per heavy atom. The van der Waals surface area contributed by atoms with Crippen molar-refractivity contribution in [3.8, 4) is 0 Å². The van der Waals surface area contributed by atoms with E-state index in [1.165, 1.54) is 6.92 Å². The summed E-state index contributed by atoms with van der Waals surface area (Å²) in [5, 5.41) is 2.66. The SMILES string of the molecule is CCN(CC)C(=O)c1ccnc(CNC(C)=O)c1. The van der Waals surface area contributed by atoms with Crippen molar-refractivity contribution in [1.29, 1.82) is 0 Å². The molecule has 0 aromatic carbocycles. The lowest BCUT2D eigenvalue weighted by Crippen LogP contribution is -2.30. The standard InChI is InChI=1S/C13H19N3O2/c1-4-16(5-2)13(18)11-6-7-14-12(8-11)9-15-10(3)17/h6-8H,4-5,9H2,1-3H3,(H,15,17). The second-order valence-corrected chi connectivity index (χ2v) is 3.92. The van der Waals surface area contributed by atoms with Gasteiger partial charge in [0.15, 0.2) is 0 Å². The first-order valence-corrected chi connectivity index (χ1v) is 6.07. The van der Waals surface area contributed by atoms with E-state index in [2.05, 4.69) is 10.3 Å². The van der Waals surface area contributed by atoms with Crippen molar-refractivity contribution < 1.29 is 9.59 Å². The van der Waals surface area contributed by atoms with Gasteiger partial charge in [0.05, 0.1) is 12.2 Å². The molecule has 1 N–H and O–H groups in total. The number of carbonyl (C=O) groups excluding carboxylic acids is 2. The molecule has 0 saturated heterocycles. The zero-order valence-electron chi connectivity index (χ0n) is 11.1. The van der Waals surface area contributed by atoms with Crippen LogP contribution < -0.4 is 5.32 Å². The highest BCUT2D eigenvalue weighted by atomic mass is 16.2. The number of nitrogens with one attached hydrogen (secondary N) is 1. The molecule has 0 saturated carbocycles. The lowest BCUT2D eigenvalue weighted by atomic mass is 10.2. The highest BCUT2D eigenvalue weighted by Crippen LogP contribution is 2.06. The van der Waals surface area contributed by atoms with Crippen LogP contribution in [0.5, 0.6) is 0 Å². The molecule has 0 bridgehead atoms. The Labute approximate surface area is 107 Å². The summed E-state index contributed by atoms with van der Waals surface area (Å²) < 4.78 is 0. The van der Waals surface area contributed by atoms with E-state index in [1.807, 2.05) is 13.8 Å². The molecule has 2 amide bonds. The number of pyridine rings is 1. The summed E-state index contributed by atoms with van der Waals surface area (Å²) >= 11 is 0. The first-order chi connectivity index (χ1) is 8.58. The molecule has 5 heteroatoms. The summed E-state index contributed by atoms with van der Waals surface area (Å²) in [5.41, 5.74) is 1.29. The molecule has 5 nitrogen and oxygen atoms in total. The Morgan fingerprint density at radius 2 is 2.00 bits per heavy atom. The number of aromatic nitrogens is 1. The van der Waals surface area contributed by atoms with Crippen molar-refractivity contribution in [2.75, 3.05) is 13.1 Å². The molecular weight excluding hydrogens is 230 g/mol. The molecule has 0 atom stereocenters. The van der Waals surface area contributed by atoms with Crippen LogP contribution in [0.25, 0.3) is 0 Å². The van der Waals surface area contributed by atoms with Gasteiger partial charge in [0.1, 0.15) is 0 Å². The third kappa shape index (κ3) is 3.84. The number of amides is 2. The van der Waals surface area contributed by atoms with Gasteiger partial charge in [-0.15, -0.1) is 0 Å². The minimum atomic E-state index is -0.114. The van der Waals surface area contributed by atoms with E-state index < -0.39 is 0 Å². The van der Waals surface area contributed by atoms with Crippen LogP contribution in [0.15, 0.2) is 18.3 Å². The third-order valence-electron chi connectivity index (χ3n) is 2.63. The van der Waals surface area contributed by atoms with Gasteiger partial charge in [-0.05, 0) is 26.0 Å². The van der Waals surface area contributed by atoms with Gasteiger partial charge in [0.25, 0.3) is 5.91 Å². The smallest absolute Gasteiger partial charge is 0.253 e. The van der Waals surface area contributed by atoms with Gasteiger partial charge in [-0.25, -0.2) is 0 Å². The Kier molecular flexibility index (Phi) is 5.30. The topological polar surface area (TPSA) is 62.3 Å². The van der Waals surface area contributed by atoms with Crippen LogP contribution in [0.4, 0.5) is 0 Å². The Morgan fingerprint density at radius 3 is 2.56 bits per heavy atom. The summed E-state index contributed by atoms with van der Waals surface area (Å²) in [6, 6.07) is 3.41. The minimum Gasteiger partial charge on any atom is -0.351 e. The molecule has 0 fully saturated rings. The van der Waals surface area contributed by atoms with Crippen LogP contribution in [-0.4, -0.2) is 34.8 Å². The van der Waals surface area contributed by atoms with Crippen molar-refractivity contribution in [2.24, 2.45) is 0 Å². The van der Waals surface area contributed by atoms with Gasteiger partial charge in [-0.1, -0.05) is 0 Å². The van der Waals surface area contributed by atoms with Crippen LogP contribution >= 0.6 is 0 Å². The van der Waals surface area contributed by atoms with Crippen molar-refractivity contribution in [2.45, 2.75) is 27.3 Å². The number of carbonyl (C=O) groups is 2. The molecule has 0 aliphatic rings.